The zero-order valence-electron chi connectivity index (χ0n) is 8.16. The molecule has 1 aromatic carbocycles. The first-order valence-corrected chi connectivity index (χ1v) is 3.53. The van der Waals surface area contributed by atoms with Gasteiger partial charge in [-0.05, 0) is 0 Å². The molecule has 0 fully saturated rings. The van der Waals surface area contributed by atoms with Gasteiger partial charge >= 0.3 is 18.9 Å². The largest absolute Gasteiger partial charge is 1.00 e. The molecule has 0 bridgehead atoms. The van der Waals surface area contributed by atoms with Crippen LogP contribution in [0.3, 0.4) is 0 Å². The summed E-state index contributed by atoms with van der Waals surface area (Å²) in [6.45, 7) is 0.237. The fourth-order valence-electron chi connectivity index (χ4n) is 0.758. The summed E-state index contributed by atoms with van der Waals surface area (Å²) in [5.41, 5.74) is 0. The predicted octanol–water partition coefficient (Wildman–Crippen LogP) is -1.52. The predicted molar refractivity (Wildman–Crippen MR) is 44.3 cm³/mol. The van der Waals surface area contributed by atoms with Crippen molar-refractivity contribution in [3.05, 3.63) is 24.3 Å². The van der Waals surface area contributed by atoms with Crippen LogP contribution in [0.4, 0.5) is 0 Å². The van der Waals surface area contributed by atoms with Crippen LogP contribution in [-0.2, 0) is 4.74 Å². The van der Waals surface area contributed by atoms with E-state index in [1.54, 1.807) is 32.4 Å². The average molecular weight is 174 g/mol. The minimum absolute atomic E-state index is 0. The van der Waals surface area contributed by atoms with Gasteiger partial charge in [0.15, 0.2) is 6.79 Å². The molecule has 13 heavy (non-hydrogen) atoms. The molecule has 1 rings (SSSR count). The third-order valence-electron chi connectivity index (χ3n) is 1.31. The molecule has 0 amide bonds. The maximum Gasteiger partial charge on any atom is 1.00 e. The van der Waals surface area contributed by atoms with E-state index < -0.39 is 0 Å². The first-order valence-electron chi connectivity index (χ1n) is 3.53. The number of methoxy groups -OCH3 is 2. The van der Waals surface area contributed by atoms with Crippen molar-refractivity contribution >= 4 is 0 Å². The second-order valence-electron chi connectivity index (χ2n) is 2.16. The molecule has 0 spiro atoms. The van der Waals surface area contributed by atoms with E-state index >= 15 is 0 Å². The van der Waals surface area contributed by atoms with E-state index in [9.17, 15) is 0 Å². The van der Waals surface area contributed by atoms with Gasteiger partial charge in [-0.3, -0.25) is 0 Å². The molecule has 0 saturated carbocycles. The van der Waals surface area contributed by atoms with E-state index in [4.69, 9.17) is 14.2 Å². The van der Waals surface area contributed by atoms with Gasteiger partial charge in [-0.15, -0.1) is 12.1 Å². The topological polar surface area (TPSA) is 27.7 Å². The Bertz CT molecular complexity index is 240. The van der Waals surface area contributed by atoms with Gasteiger partial charge in [-0.25, -0.2) is 0 Å². The third kappa shape index (κ3) is 4.23. The summed E-state index contributed by atoms with van der Waals surface area (Å²) in [5, 5.41) is 0. The van der Waals surface area contributed by atoms with Crippen LogP contribution >= 0.6 is 0 Å². The number of ether oxygens (including phenoxy) is 3. The summed E-state index contributed by atoms with van der Waals surface area (Å²) < 4.78 is 14.9. The van der Waals surface area contributed by atoms with Gasteiger partial charge in [0.25, 0.3) is 0 Å². The molecule has 0 unspecified atom stereocenters. The first-order chi connectivity index (χ1) is 5.86. The smallest absolute Gasteiger partial charge is 0.554 e. The van der Waals surface area contributed by atoms with Gasteiger partial charge < -0.3 is 14.2 Å². The Morgan fingerprint density at radius 2 is 1.92 bits per heavy atom. The van der Waals surface area contributed by atoms with Crippen LogP contribution in [0.1, 0.15) is 0 Å². The molecule has 0 N–H and O–H groups in total. The van der Waals surface area contributed by atoms with Gasteiger partial charge in [-0.2, -0.15) is 6.07 Å². The molecule has 0 heterocycles. The van der Waals surface area contributed by atoms with Crippen LogP contribution in [0.2, 0.25) is 0 Å². The molecule has 0 aliphatic rings. The van der Waals surface area contributed by atoms with Crippen molar-refractivity contribution in [2.75, 3.05) is 21.0 Å². The van der Waals surface area contributed by atoms with Crippen molar-refractivity contribution in [3.8, 4) is 11.5 Å². The quantitative estimate of drug-likeness (QED) is 0.315. The Hall–Kier alpha value is -0.623. The zero-order chi connectivity index (χ0) is 8.81. The van der Waals surface area contributed by atoms with Gasteiger partial charge in [0, 0.05) is 18.6 Å². The maximum atomic E-state index is 5.16. The molecule has 0 aromatic heterocycles. The molecule has 0 radical (unpaired) electrons. The van der Waals surface area contributed by atoms with E-state index in [1.807, 2.05) is 0 Å². The SMILES string of the molecule is COCOc1c[c-]cc(OC)c1.[Li+]. The summed E-state index contributed by atoms with van der Waals surface area (Å²) >= 11 is 0. The summed E-state index contributed by atoms with van der Waals surface area (Å²) in [7, 11) is 3.17. The Balaban J connectivity index is 0.00000144. The fourth-order valence-corrected chi connectivity index (χ4v) is 0.758. The number of hydrogen-bond donors (Lipinski definition) is 0. The molecule has 1 aromatic rings. The summed E-state index contributed by atoms with van der Waals surface area (Å²) in [6, 6.07) is 8.12. The van der Waals surface area contributed by atoms with Crippen LogP contribution in [0.5, 0.6) is 11.5 Å². The molecule has 0 atom stereocenters. The molecule has 66 valence electrons. The number of benzene rings is 1. The number of hydrogen-bond acceptors (Lipinski definition) is 3. The van der Waals surface area contributed by atoms with Crippen molar-refractivity contribution in [2.45, 2.75) is 0 Å². The monoisotopic (exact) mass is 174 g/mol. The Labute approximate surface area is 90.2 Å². The first kappa shape index (κ1) is 12.4. The molecule has 3 nitrogen and oxygen atoms in total. The molecule has 0 aliphatic heterocycles. The van der Waals surface area contributed by atoms with Gasteiger partial charge in [0.05, 0.1) is 7.11 Å². The van der Waals surface area contributed by atoms with E-state index in [0.717, 1.165) is 5.75 Å². The summed E-state index contributed by atoms with van der Waals surface area (Å²) in [5.74, 6) is 1.42. The average Bonchev–Trinajstić information content (AvgIpc) is 2.15. The van der Waals surface area contributed by atoms with Crippen molar-refractivity contribution in [2.24, 2.45) is 0 Å². The van der Waals surface area contributed by atoms with Crippen molar-refractivity contribution in [1.29, 1.82) is 0 Å². The molecular weight excluding hydrogens is 163 g/mol. The van der Waals surface area contributed by atoms with Gasteiger partial charge in [0.1, 0.15) is 0 Å². The minimum Gasteiger partial charge on any atom is -0.554 e. The number of rotatable bonds is 4. The maximum absolute atomic E-state index is 5.16. The minimum atomic E-state index is 0. The van der Waals surface area contributed by atoms with E-state index in [1.165, 1.54) is 0 Å². The third-order valence-corrected chi connectivity index (χ3v) is 1.31. The standard InChI is InChI=1S/C9H11O3.Li/c1-10-7-12-9-5-3-4-8(6-9)11-2;/h4-6H,7H2,1-2H3;/q-1;+1. The van der Waals surface area contributed by atoms with E-state index in [2.05, 4.69) is 6.07 Å². The van der Waals surface area contributed by atoms with Crippen LogP contribution < -0.4 is 28.3 Å². The molecule has 4 heteroatoms. The van der Waals surface area contributed by atoms with Crippen molar-refractivity contribution in [1.82, 2.24) is 0 Å². The second kappa shape index (κ2) is 6.85. The van der Waals surface area contributed by atoms with Crippen molar-refractivity contribution in [3.63, 3.8) is 0 Å². The molecular formula is C9H11LiO3. The van der Waals surface area contributed by atoms with Crippen LogP contribution in [0.15, 0.2) is 18.2 Å². The summed E-state index contributed by atoms with van der Waals surface area (Å²) in [4.78, 5) is 0. The second-order valence-corrected chi connectivity index (χ2v) is 2.16. The van der Waals surface area contributed by atoms with Crippen molar-refractivity contribution < 1.29 is 33.1 Å². The Kier molecular flexibility index (Phi) is 6.52. The van der Waals surface area contributed by atoms with Gasteiger partial charge in [0.2, 0.25) is 0 Å². The fraction of sp³-hybridized carbons (Fsp3) is 0.333. The van der Waals surface area contributed by atoms with Gasteiger partial charge in [-0.1, -0.05) is 6.07 Å². The van der Waals surface area contributed by atoms with E-state index in [-0.39, 0.29) is 25.7 Å². The Morgan fingerprint density at radius 1 is 1.23 bits per heavy atom. The van der Waals surface area contributed by atoms with Crippen LogP contribution in [0, 0.1) is 6.07 Å². The van der Waals surface area contributed by atoms with E-state index in [0.29, 0.717) is 5.75 Å². The molecule has 0 saturated heterocycles. The normalized spacial score (nSPS) is 8.77. The summed E-state index contributed by atoms with van der Waals surface area (Å²) in [6.07, 6.45) is 0. The zero-order valence-corrected chi connectivity index (χ0v) is 8.16. The van der Waals surface area contributed by atoms with Crippen LogP contribution in [-0.4, -0.2) is 21.0 Å². The van der Waals surface area contributed by atoms with Crippen LogP contribution in [0.25, 0.3) is 0 Å². The molecule has 0 aliphatic carbocycles. The Morgan fingerprint density at radius 3 is 2.54 bits per heavy atom.